The highest BCUT2D eigenvalue weighted by Gasteiger charge is 2.30. The highest BCUT2D eigenvalue weighted by Crippen LogP contribution is 2.36. The van der Waals surface area contributed by atoms with Gasteiger partial charge in [0.1, 0.15) is 0 Å². The maximum absolute atomic E-state index is 6.16. The molecule has 2 atom stereocenters. The molecule has 14 heavy (non-hydrogen) atoms. The molecule has 1 aliphatic heterocycles. The van der Waals surface area contributed by atoms with Crippen LogP contribution in [0.2, 0.25) is 0 Å². The Labute approximate surface area is 85.8 Å². The second-order valence-electron chi connectivity index (χ2n) is 4.71. The molecule has 1 heterocycles. The minimum Gasteiger partial charge on any atom is -0.366 e. The highest BCUT2D eigenvalue weighted by molar-refractivity contribution is 5.34. The van der Waals surface area contributed by atoms with E-state index in [1.54, 1.807) is 5.57 Å². The normalized spacial score (nSPS) is 36.6. The van der Waals surface area contributed by atoms with Crippen molar-refractivity contribution < 1.29 is 4.74 Å². The molecule has 0 bridgehead atoms. The van der Waals surface area contributed by atoms with E-state index in [1.165, 1.54) is 50.5 Å². The summed E-state index contributed by atoms with van der Waals surface area (Å²) in [5.74, 6) is 0. The summed E-state index contributed by atoms with van der Waals surface area (Å²) in [4.78, 5) is 0. The molecule has 0 saturated heterocycles. The van der Waals surface area contributed by atoms with Crippen molar-refractivity contribution in [3.63, 3.8) is 0 Å². The SMILES string of the molecule is C1=C2C=C3CCCC[C@@H]3O[C@H]2CCC1. The van der Waals surface area contributed by atoms with Crippen LogP contribution < -0.4 is 0 Å². The molecule has 3 aliphatic rings. The predicted octanol–water partition coefficient (Wildman–Crippen LogP) is 3.36. The average Bonchev–Trinajstić information content (AvgIpc) is 2.26. The Kier molecular flexibility index (Phi) is 2.21. The zero-order chi connectivity index (χ0) is 9.38. The molecule has 0 aromatic rings. The number of hydrogen-bond donors (Lipinski definition) is 0. The monoisotopic (exact) mass is 190 g/mol. The van der Waals surface area contributed by atoms with Crippen LogP contribution in [0.25, 0.3) is 0 Å². The van der Waals surface area contributed by atoms with Gasteiger partial charge in [-0.05, 0) is 49.7 Å². The average molecular weight is 190 g/mol. The molecule has 0 N–H and O–H groups in total. The van der Waals surface area contributed by atoms with Crippen molar-refractivity contribution in [2.24, 2.45) is 0 Å². The van der Waals surface area contributed by atoms with Crippen molar-refractivity contribution in [3.05, 3.63) is 23.3 Å². The topological polar surface area (TPSA) is 9.23 Å². The number of fused-ring (bicyclic) bond motifs is 2. The van der Waals surface area contributed by atoms with Gasteiger partial charge in [-0.3, -0.25) is 0 Å². The lowest BCUT2D eigenvalue weighted by Gasteiger charge is -2.36. The second-order valence-corrected chi connectivity index (χ2v) is 4.71. The van der Waals surface area contributed by atoms with Gasteiger partial charge in [-0.15, -0.1) is 0 Å². The molecule has 1 saturated carbocycles. The van der Waals surface area contributed by atoms with Crippen molar-refractivity contribution in [2.75, 3.05) is 0 Å². The smallest absolute Gasteiger partial charge is 0.0830 e. The van der Waals surface area contributed by atoms with E-state index in [0.717, 1.165) is 0 Å². The lowest BCUT2D eigenvalue weighted by atomic mass is 9.84. The number of rotatable bonds is 0. The van der Waals surface area contributed by atoms with Crippen LogP contribution in [-0.4, -0.2) is 12.2 Å². The lowest BCUT2D eigenvalue weighted by Crippen LogP contribution is -2.32. The number of allylic oxidation sites excluding steroid dienone is 1. The molecule has 0 amide bonds. The van der Waals surface area contributed by atoms with Crippen LogP contribution >= 0.6 is 0 Å². The largest absolute Gasteiger partial charge is 0.366 e. The van der Waals surface area contributed by atoms with Crippen LogP contribution in [0.4, 0.5) is 0 Å². The summed E-state index contributed by atoms with van der Waals surface area (Å²) in [7, 11) is 0. The summed E-state index contributed by atoms with van der Waals surface area (Å²) in [5, 5.41) is 0. The van der Waals surface area contributed by atoms with Gasteiger partial charge in [0.2, 0.25) is 0 Å². The van der Waals surface area contributed by atoms with E-state index >= 15 is 0 Å². The third-order valence-corrected chi connectivity index (χ3v) is 3.70. The third-order valence-electron chi connectivity index (χ3n) is 3.70. The maximum atomic E-state index is 6.16. The Hall–Kier alpha value is -0.560. The highest BCUT2D eigenvalue weighted by atomic mass is 16.5. The Morgan fingerprint density at radius 1 is 1.07 bits per heavy atom. The van der Waals surface area contributed by atoms with E-state index in [4.69, 9.17) is 4.74 Å². The molecule has 76 valence electrons. The van der Waals surface area contributed by atoms with Gasteiger partial charge in [0, 0.05) is 0 Å². The molecule has 1 fully saturated rings. The first kappa shape index (κ1) is 8.72. The molecule has 0 radical (unpaired) electrons. The van der Waals surface area contributed by atoms with Crippen LogP contribution in [0.3, 0.4) is 0 Å². The number of hydrogen-bond acceptors (Lipinski definition) is 1. The van der Waals surface area contributed by atoms with Crippen LogP contribution in [0.5, 0.6) is 0 Å². The Balaban J connectivity index is 1.89. The van der Waals surface area contributed by atoms with E-state index in [-0.39, 0.29) is 0 Å². The van der Waals surface area contributed by atoms with Gasteiger partial charge in [0.05, 0.1) is 12.2 Å². The van der Waals surface area contributed by atoms with Gasteiger partial charge in [-0.25, -0.2) is 0 Å². The fourth-order valence-corrected chi connectivity index (χ4v) is 2.91. The zero-order valence-electron chi connectivity index (χ0n) is 8.67. The fourth-order valence-electron chi connectivity index (χ4n) is 2.91. The minimum absolute atomic E-state index is 0.440. The summed E-state index contributed by atoms with van der Waals surface area (Å²) in [5.41, 5.74) is 3.05. The summed E-state index contributed by atoms with van der Waals surface area (Å²) >= 11 is 0. The van der Waals surface area contributed by atoms with Crippen LogP contribution in [-0.2, 0) is 4.74 Å². The Morgan fingerprint density at radius 2 is 2.00 bits per heavy atom. The molecule has 0 spiro atoms. The third kappa shape index (κ3) is 1.44. The first-order chi connectivity index (χ1) is 6.93. The van der Waals surface area contributed by atoms with Crippen LogP contribution in [0.15, 0.2) is 23.3 Å². The van der Waals surface area contributed by atoms with Gasteiger partial charge in [-0.2, -0.15) is 0 Å². The maximum Gasteiger partial charge on any atom is 0.0830 e. The first-order valence-electron chi connectivity index (χ1n) is 5.99. The van der Waals surface area contributed by atoms with Crippen molar-refractivity contribution in [1.29, 1.82) is 0 Å². The molecule has 1 heteroatoms. The van der Waals surface area contributed by atoms with E-state index < -0.39 is 0 Å². The van der Waals surface area contributed by atoms with Gasteiger partial charge < -0.3 is 4.74 Å². The fraction of sp³-hybridized carbons (Fsp3) is 0.692. The van der Waals surface area contributed by atoms with E-state index in [1.807, 2.05) is 0 Å². The first-order valence-corrected chi connectivity index (χ1v) is 5.99. The molecule has 1 nitrogen and oxygen atoms in total. The predicted molar refractivity (Wildman–Crippen MR) is 57.1 cm³/mol. The quantitative estimate of drug-likeness (QED) is 0.569. The van der Waals surface area contributed by atoms with Gasteiger partial charge in [0.15, 0.2) is 0 Å². The molecular weight excluding hydrogens is 172 g/mol. The summed E-state index contributed by atoms with van der Waals surface area (Å²) in [6.45, 7) is 0. The van der Waals surface area contributed by atoms with Gasteiger partial charge in [-0.1, -0.05) is 18.6 Å². The molecule has 0 aromatic heterocycles. The van der Waals surface area contributed by atoms with Crippen LogP contribution in [0, 0.1) is 0 Å². The van der Waals surface area contributed by atoms with Gasteiger partial charge >= 0.3 is 0 Å². The van der Waals surface area contributed by atoms with Crippen molar-refractivity contribution >= 4 is 0 Å². The molecular formula is C13H18O. The Bertz CT molecular complexity index is 288. The lowest BCUT2D eigenvalue weighted by molar-refractivity contribution is 0.00201. The molecule has 0 unspecified atom stereocenters. The second kappa shape index (κ2) is 3.54. The zero-order valence-corrected chi connectivity index (χ0v) is 8.67. The molecule has 2 aliphatic carbocycles. The Morgan fingerprint density at radius 3 is 3.00 bits per heavy atom. The van der Waals surface area contributed by atoms with Crippen molar-refractivity contribution in [3.8, 4) is 0 Å². The summed E-state index contributed by atoms with van der Waals surface area (Å²) < 4.78 is 6.16. The minimum atomic E-state index is 0.440. The van der Waals surface area contributed by atoms with Crippen molar-refractivity contribution in [2.45, 2.75) is 57.2 Å². The summed E-state index contributed by atoms with van der Waals surface area (Å²) in [6, 6.07) is 0. The van der Waals surface area contributed by atoms with Crippen LogP contribution in [0.1, 0.15) is 44.9 Å². The van der Waals surface area contributed by atoms with E-state index in [9.17, 15) is 0 Å². The number of ether oxygens (including phenoxy) is 1. The standard InChI is InChI=1S/C13H18O/c1-3-7-12-10(5-1)9-11-6-2-4-8-13(11)14-12/h5,9,12-13H,1-4,6-8H2/t12-,13-/m0/s1. The van der Waals surface area contributed by atoms with Gasteiger partial charge in [0.25, 0.3) is 0 Å². The van der Waals surface area contributed by atoms with E-state index in [0.29, 0.717) is 12.2 Å². The summed E-state index contributed by atoms with van der Waals surface area (Å²) in [6.07, 6.45) is 14.8. The van der Waals surface area contributed by atoms with Crippen molar-refractivity contribution in [1.82, 2.24) is 0 Å². The molecule has 0 aromatic carbocycles. The molecule has 3 rings (SSSR count). The van der Waals surface area contributed by atoms with E-state index in [2.05, 4.69) is 12.2 Å².